The van der Waals surface area contributed by atoms with Gasteiger partial charge in [0.15, 0.2) is 11.5 Å². The quantitative estimate of drug-likeness (QED) is 0.330. The lowest BCUT2D eigenvalue weighted by Gasteiger charge is -2.32. The van der Waals surface area contributed by atoms with Gasteiger partial charge in [0, 0.05) is 46.5 Å². The molecule has 9 heteroatoms. The van der Waals surface area contributed by atoms with Crippen LogP contribution in [-0.4, -0.2) is 47.2 Å². The molecule has 0 saturated carbocycles. The fourth-order valence-corrected chi connectivity index (χ4v) is 7.23. The molecule has 0 saturated heterocycles. The molecule has 38 heavy (non-hydrogen) atoms. The van der Waals surface area contributed by atoms with E-state index in [1.165, 1.54) is 21.0 Å². The Hall–Kier alpha value is -3.46. The lowest BCUT2D eigenvalue weighted by molar-refractivity contribution is 0.171. The average molecular weight is 547 g/mol. The molecule has 7 nitrogen and oxygen atoms in total. The molecule has 2 amide bonds. The van der Waals surface area contributed by atoms with E-state index in [4.69, 9.17) is 21.1 Å². The molecule has 1 atom stereocenters. The normalized spacial score (nSPS) is 18.3. The van der Waals surface area contributed by atoms with E-state index in [1.54, 1.807) is 0 Å². The first-order chi connectivity index (χ1) is 18.5. The maximum atomic E-state index is 14.1. The zero-order valence-electron chi connectivity index (χ0n) is 20.9. The van der Waals surface area contributed by atoms with Crippen LogP contribution in [0.5, 0.6) is 11.5 Å². The van der Waals surface area contributed by atoms with Crippen LogP contribution in [0.3, 0.4) is 0 Å². The van der Waals surface area contributed by atoms with Crippen molar-refractivity contribution in [3.8, 4) is 16.5 Å². The van der Waals surface area contributed by atoms with E-state index >= 15 is 0 Å². The van der Waals surface area contributed by atoms with Crippen molar-refractivity contribution in [2.75, 3.05) is 32.1 Å². The highest BCUT2D eigenvalue weighted by Crippen LogP contribution is 2.44. The number of fused-ring (bicyclic) bond motifs is 6. The van der Waals surface area contributed by atoms with E-state index in [0.717, 1.165) is 30.8 Å². The molecule has 0 unspecified atom stereocenters. The van der Waals surface area contributed by atoms with Crippen LogP contribution in [0.25, 0.3) is 5.00 Å². The van der Waals surface area contributed by atoms with Gasteiger partial charge in [0.05, 0.1) is 18.3 Å². The van der Waals surface area contributed by atoms with E-state index in [9.17, 15) is 4.79 Å². The van der Waals surface area contributed by atoms with Crippen molar-refractivity contribution in [2.24, 2.45) is 0 Å². The first-order valence-electron chi connectivity index (χ1n) is 12.8. The molecule has 2 aromatic carbocycles. The topological polar surface area (TPSA) is 59.0 Å². The van der Waals surface area contributed by atoms with Crippen LogP contribution < -0.4 is 14.8 Å². The predicted molar refractivity (Wildman–Crippen MR) is 149 cm³/mol. The van der Waals surface area contributed by atoms with Crippen LogP contribution in [0.2, 0.25) is 5.02 Å². The number of urea groups is 1. The third-order valence-corrected chi connectivity index (χ3v) is 9.01. The maximum absolute atomic E-state index is 14.1. The number of anilines is 1. The van der Waals surface area contributed by atoms with Gasteiger partial charge in [0.25, 0.3) is 0 Å². The molecule has 0 fully saturated rings. The molecule has 0 aliphatic carbocycles. The van der Waals surface area contributed by atoms with Gasteiger partial charge < -0.3 is 29.2 Å². The Labute approximate surface area is 230 Å². The van der Waals surface area contributed by atoms with Gasteiger partial charge in [0.2, 0.25) is 0 Å². The van der Waals surface area contributed by atoms with E-state index in [2.05, 4.69) is 40.2 Å². The molecule has 194 valence electrons. The van der Waals surface area contributed by atoms with Crippen molar-refractivity contribution >= 4 is 34.7 Å². The summed E-state index contributed by atoms with van der Waals surface area (Å²) >= 11 is 8.10. The largest absolute Gasteiger partial charge is 0.486 e. The van der Waals surface area contributed by atoms with Gasteiger partial charge in [0.1, 0.15) is 18.2 Å². The van der Waals surface area contributed by atoms with E-state index in [0.29, 0.717) is 42.0 Å². The molecule has 5 heterocycles. The number of amides is 2. The molecule has 0 radical (unpaired) electrons. The predicted octanol–water partition coefficient (Wildman–Crippen LogP) is 6.09. The third kappa shape index (κ3) is 4.04. The van der Waals surface area contributed by atoms with E-state index in [1.807, 2.05) is 58.7 Å². The fourth-order valence-electron chi connectivity index (χ4n) is 5.66. The van der Waals surface area contributed by atoms with Crippen LogP contribution in [-0.2, 0) is 19.5 Å². The number of likely N-dealkylation sites (N-methyl/N-ethyl adjacent to an activating group) is 1. The molecule has 2 aromatic heterocycles. The van der Waals surface area contributed by atoms with Crippen molar-refractivity contribution in [2.45, 2.75) is 25.6 Å². The summed E-state index contributed by atoms with van der Waals surface area (Å²) in [5.74, 6) is 1.34. The Bertz CT molecular complexity index is 1530. The Morgan fingerprint density at radius 2 is 1.84 bits per heavy atom. The number of benzene rings is 2. The van der Waals surface area contributed by atoms with Crippen LogP contribution in [0.1, 0.15) is 33.3 Å². The summed E-state index contributed by atoms with van der Waals surface area (Å²) in [6, 6.07) is 17.1. The number of ether oxygens (including phenoxy) is 2. The zero-order valence-corrected chi connectivity index (χ0v) is 22.5. The number of nitrogens with one attached hydrogen (secondary N) is 1. The number of carbonyl (C=O) groups is 1. The lowest BCUT2D eigenvalue weighted by atomic mass is 10.0. The standard InChI is InChI=1S/C29H27ClN4O3S/c1-32-12-10-21-22-16-34(29(35)31-20-8-9-24-25(15-20)37-14-13-36-24)27(18-4-6-19(30)7-5-18)23-3-2-11-33(23)28(22)38-26(21)17-32/h2-9,11,15,27H,10,12-14,16-17H2,1H3,(H,31,35)/t27-/m0/s1. The van der Waals surface area contributed by atoms with Crippen LogP contribution in [0, 0.1) is 0 Å². The Morgan fingerprint density at radius 3 is 2.68 bits per heavy atom. The van der Waals surface area contributed by atoms with Crippen LogP contribution in [0.4, 0.5) is 10.5 Å². The Morgan fingerprint density at radius 1 is 1.03 bits per heavy atom. The fraction of sp³-hybridized carbons (Fsp3) is 0.276. The highest BCUT2D eigenvalue weighted by molar-refractivity contribution is 7.15. The lowest BCUT2D eigenvalue weighted by Crippen LogP contribution is -2.38. The summed E-state index contributed by atoms with van der Waals surface area (Å²) in [5, 5.41) is 5.02. The van der Waals surface area contributed by atoms with Crippen molar-refractivity contribution in [1.29, 1.82) is 0 Å². The van der Waals surface area contributed by atoms with Crippen LogP contribution >= 0.6 is 22.9 Å². The van der Waals surface area contributed by atoms with Gasteiger partial charge in [-0.2, -0.15) is 0 Å². The number of thiophene rings is 1. The van der Waals surface area contributed by atoms with Gasteiger partial charge in [-0.1, -0.05) is 23.7 Å². The first-order valence-corrected chi connectivity index (χ1v) is 14.0. The minimum absolute atomic E-state index is 0.171. The number of halogens is 1. The second-order valence-electron chi connectivity index (χ2n) is 9.95. The summed E-state index contributed by atoms with van der Waals surface area (Å²) in [4.78, 5) is 19.8. The van der Waals surface area contributed by atoms with Crippen LogP contribution in [0.15, 0.2) is 60.8 Å². The minimum Gasteiger partial charge on any atom is -0.486 e. The van der Waals surface area contributed by atoms with Crippen molar-refractivity contribution in [3.05, 3.63) is 93.1 Å². The molecular weight excluding hydrogens is 520 g/mol. The molecule has 0 spiro atoms. The number of nitrogens with zero attached hydrogens (tertiary/aromatic N) is 3. The van der Waals surface area contributed by atoms with Crippen molar-refractivity contribution < 1.29 is 14.3 Å². The SMILES string of the molecule is CN1CCc2c(sc3c2CN(C(=O)Nc2ccc4c(c2)OCCO4)[C@@H](c2ccc(Cl)cc2)c2cccn2-3)C1. The number of hydrogen-bond acceptors (Lipinski definition) is 5. The summed E-state index contributed by atoms with van der Waals surface area (Å²) in [5.41, 5.74) is 5.36. The molecule has 7 rings (SSSR count). The monoisotopic (exact) mass is 546 g/mol. The zero-order chi connectivity index (χ0) is 25.8. The highest BCUT2D eigenvalue weighted by Gasteiger charge is 2.36. The Kier molecular flexibility index (Phi) is 5.83. The first kappa shape index (κ1) is 23.6. The van der Waals surface area contributed by atoms with Gasteiger partial charge in [-0.25, -0.2) is 4.79 Å². The van der Waals surface area contributed by atoms with Crippen molar-refractivity contribution in [3.63, 3.8) is 0 Å². The molecule has 3 aliphatic heterocycles. The smallest absolute Gasteiger partial charge is 0.322 e. The number of aromatic nitrogens is 1. The number of carbonyl (C=O) groups excluding carboxylic acids is 1. The van der Waals surface area contributed by atoms with Gasteiger partial charge in [-0.05, 0) is 61.0 Å². The molecular formula is C29H27ClN4O3S. The molecule has 4 aromatic rings. The molecule has 1 N–H and O–H groups in total. The maximum Gasteiger partial charge on any atom is 0.322 e. The average Bonchev–Trinajstić information content (AvgIpc) is 3.50. The van der Waals surface area contributed by atoms with Crippen molar-refractivity contribution in [1.82, 2.24) is 14.4 Å². The van der Waals surface area contributed by atoms with Gasteiger partial charge >= 0.3 is 6.03 Å². The minimum atomic E-state index is -0.291. The summed E-state index contributed by atoms with van der Waals surface area (Å²) in [7, 11) is 2.17. The summed E-state index contributed by atoms with van der Waals surface area (Å²) in [6.07, 6.45) is 3.10. The molecule has 3 aliphatic rings. The summed E-state index contributed by atoms with van der Waals surface area (Å²) in [6.45, 7) is 3.48. The summed E-state index contributed by atoms with van der Waals surface area (Å²) < 4.78 is 13.7. The Balaban J connectivity index is 1.32. The van der Waals surface area contributed by atoms with Gasteiger partial charge in [-0.3, -0.25) is 0 Å². The van der Waals surface area contributed by atoms with E-state index in [-0.39, 0.29) is 12.1 Å². The molecule has 0 bridgehead atoms. The van der Waals surface area contributed by atoms with E-state index < -0.39 is 0 Å². The number of hydrogen-bond donors (Lipinski definition) is 1. The second kappa shape index (κ2) is 9.38. The van der Waals surface area contributed by atoms with Gasteiger partial charge in [-0.15, -0.1) is 11.3 Å². The third-order valence-electron chi connectivity index (χ3n) is 7.50. The second-order valence-corrected chi connectivity index (χ2v) is 11.5. The number of rotatable bonds is 2. The highest BCUT2D eigenvalue weighted by atomic mass is 35.5.